The normalized spacial score (nSPS) is 13.0. The molecule has 0 rings (SSSR count). The lowest BCUT2D eigenvalue weighted by atomic mass is 10.0. The molecule has 83 heavy (non-hydrogen) atoms. The van der Waals surface area contributed by atoms with Crippen LogP contribution in [-0.4, -0.2) is 87.4 Å². The van der Waals surface area contributed by atoms with Gasteiger partial charge in [-0.1, -0.05) is 299 Å². The highest BCUT2D eigenvalue weighted by Gasteiger charge is 2.25. The van der Waals surface area contributed by atoms with E-state index in [9.17, 15) is 19.5 Å². The number of likely N-dealkylation sites (N-methyl/N-ethyl adjacent to an activating group) is 1. The maximum atomic E-state index is 12.9. The maximum Gasteiger partial charge on any atom is 0.361 e. The lowest BCUT2D eigenvalue weighted by molar-refractivity contribution is -0.870. The number of rotatable bonds is 66. The minimum absolute atomic E-state index is 0.184. The Morgan fingerprint density at radius 2 is 0.651 bits per heavy atom. The number of unbranched alkanes of at least 4 members (excludes halogenated alkanes) is 41. The number of carboxylic acids is 1. The number of aliphatic carboxylic acids is 1. The van der Waals surface area contributed by atoms with Crippen LogP contribution in [0.5, 0.6) is 0 Å². The Balaban J connectivity index is 3.94. The van der Waals surface area contributed by atoms with E-state index in [4.69, 9.17) is 18.9 Å². The lowest BCUT2D eigenvalue weighted by Gasteiger charge is -2.25. The molecular weight excluding hydrogens is 1030 g/mol. The monoisotopic (exact) mass is 1170 g/mol. The van der Waals surface area contributed by atoms with Crippen LogP contribution in [-0.2, 0) is 33.3 Å². The van der Waals surface area contributed by atoms with Crippen LogP contribution in [0, 0.1) is 0 Å². The zero-order valence-corrected chi connectivity index (χ0v) is 55.4. The van der Waals surface area contributed by atoms with E-state index in [1.54, 1.807) is 0 Å². The van der Waals surface area contributed by atoms with Gasteiger partial charge in [-0.2, -0.15) is 0 Å². The van der Waals surface area contributed by atoms with Crippen molar-refractivity contribution in [1.82, 2.24) is 0 Å². The van der Waals surface area contributed by atoms with Gasteiger partial charge in [0, 0.05) is 12.8 Å². The van der Waals surface area contributed by atoms with E-state index >= 15 is 0 Å². The molecule has 0 saturated carbocycles. The van der Waals surface area contributed by atoms with Crippen LogP contribution in [0.2, 0.25) is 0 Å². The summed E-state index contributed by atoms with van der Waals surface area (Å²) in [4.78, 5) is 37.5. The molecule has 1 N–H and O–H groups in total. The SMILES string of the molecule is CCCCC/C=C\C/C=C\CCCCCCCCCC(=O)OCC(COC(OCC[N+](C)(C)C)C(=O)O)OC(=O)CCCCCCCCCCCCCCCCCCCCCCCCCCCC/C=C\C/C=C\C/C=C\CCCCCCC. The van der Waals surface area contributed by atoms with Crippen molar-refractivity contribution in [3.63, 3.8) is 0 Å². The molecule has 9 heteroatoms. The molecule has 2 unspecified atom stereocenters. The third kappa shape index (κ3) is 66.4. The fraction of sp³-hybridized carbons (Fsp3) is 0.824. The third-order valence-corrected chi connectivity index (χ3v) is 15.7. The fourth-order valence-electron chi connectivity index (χ4n) is 10.3. The number of carbonyl (C=O) groups excluding carboxylic acids is 2. The van der Waals surface area contributed by atoms with Gasteiger partial charge in [-0.3, -0.25) is 9.59 Å². The summed E-state index contributed by atoms with van der Waals surface area (Å²) >= 11 is 0. The van der Waals surface area contributed by atoms with Gasteiger partial charge in [-0.05, 0) is 83.5 Å². The van der Waals surface area contributed by atoms with Crippen molar-refractivity contribution < 1.29 is 42.9 Å². The molecular formula is C74H136NO8+. The quantitative estimate of drug-likeness (QED) is 0.0211. The van der Waals surface area contributed by atoms with Crippen molar-refractivity contribution in [3.05, 3.63) is 60.8 Å². The summed E-state index contributed by atoms with van der Waals surface area (Å²) < 4.78 is 22.9. The van der Waals surface area contributed by atoms with Gasteiger partial charge in [-0.25, -0.2) is 4.79 Å². The van der Waals surface area contributed by atoms with E-state index in [0.29, 0.717) is 17.4 Å². The van der Waals surface area contributed by atoms with Gasteiger partial charge < -0.3 is 28.5 Å². The molecule has 0 aromatic rings. The molecule has 0 aromatic heterocycles. The number of quaternary nitrogens is 1. The Labute approximate surface area is 514 Å². The fourth-order valence-corrected chi connectivity index (χ4v) is 10.3. The minimum Gasteiger partial charge on any atom is -0.477 e. The number of allylic oxidation sites excluding steroid dienone is 10. The Kier molecular flexibility index (Phi) is 62.6. The summed E-state index contributed by atoms with van der Waals surface area (Å²) in [6, 6.07) is 0. The third-order valence-electron chi connectivity index (χ3n) is 15.7. The van der Waals surface area contributed by atoms with Crippen molar-refractivity contribution in [2.45, 2.75) is 347 Å². The molecule has 0 saturated heterocycles. The molecule has 0 amide bonds. The van der Waals surface area contributed by atoms with Crippen molar-refractivity contribution in [3.8, 4) is 0 Å². The molecule has 0 aliphatic carbocycles. The van der Waals surface area contributed by atoms with Crippen molar-refractivity contribution >= 4 is 17.9 Å². The minimum atomic E-state index is -1.51. The molecule has 0 aliphatic heterocycles. The molecule has 0 heterocycles. The van der Waals surface area contributed by atoms with E-state index < -0.39 is 24.3 Å². The van der Waals surface area contributed by atoms with E-state index in [1.165, 1.54) is 238 Å². The molecule has 0 bridgehead atoms. The van der Waals surface area contributed by atoms with Gasteiger partial charge in [-0.15, -0.1) is 0 Å². The molecule has 0 fully saturated rings. The molecule has 2 atom stereocenters. The first-order valence-corrected chi connectivity index (χ1v) is 35.5. The second-order valence-corrected chi connectivity index (χ2v) is 25.2. The number of carbonyl (C=O) groups is 3. The summed E-state index contributed by atoms with van der Waals surface area (Å²) in [5.74, 6) is -2.00. The highest BCUT2D eigenvalue weighted by atomic mass is 16.7. The standard InChI is InChI=1S/C74H135NO8/c1-6-8-10-12-14-16-18-20-22-24-25-26-27-28-29-30-31-32-33-34-35-36-37-38-39-40-41-42-43-44-45-46-47-49-51-53-55-57-59-61-63-65-72(77)83-70(69-82-74(73(78)79)80-67-66-75(3,4)5)68-81-71(76)64-62-60-58-56-54-52-50-48-23-21-19-17-15-13-11-9-7-2/h15,17-18,20-21,23-25,27-28,70,74H,6-14,16,19,22,26,29-69H2,1-5H3/p+1/b17-15-,20-18-,23-21-,25-24-,28-27-. The van der Waals surface area contributed by atoms with Crippen LogP contribution in [0.25, 0.3) is 0 Å². The predicted molar refractivity (Wildman–Crippen MR) is 355 cm³/mol. The number of hydrogen-bond acceptors (Lipinski definition) is 7. The first kappa shape index (κ1) is 80.0. The van der Waals surface area contributed by atoms with Crippen LogP contribution in [0.15, 0.2) is 60.8 Å². The predicted octanol–water partition coefficient (Wildman–Crippen LogP) is 21.9. The summed E-state index contributed by atoms with van der Waals surface area (Å²) in [5, 5.41) is 9.73. The van der Waals surface area contributed by atoms with Gasteiger partial charge in [0.1, 0.15) is 13.2 Å². The van der Waals surface area contributed by atoms with Crippen LogP contribution in [0.4, 0.5) is 0 Å². The summed E-state index contributed by atoms with van der Waals surface area (Å²) in [6.45, 7) is 4.87. The zero-order valence-electron chi connectivity index (χ0n) is 55.4. The Hall–Kier alpha value is -3.01. The smallest absolute Gasteiger partial charge is 0.361 e. The van der Waals surface area contributed by atoms with Crippen molar-refractivity contribution in [2.75, 3.05) is 47.5 Å². The number of nitrogens with zero attached hydrogens (tertiary/aromatic N) is 1. The first-order valence-electron chi connectivity index (χ1n) is 35.5. The zero-order chi connectivity index (χ0) is 60.5. The van der Waals surface area contributed by atoms with Crippen LogP contribution in [0.3, 0.4) is 0 Å². The molecule has 0 aromatic carbocycles. The molecule has 484 valence electrons. The summed E-state index contributed by atoms with van der Waals surface area (Å²) in [7, 11) is 5.98. The number of carboxylic acid groups (broad SMARTS) is 1. The molecule has 0 radical (unpaired) electrons. The van der Waals surface area contributed by atoms with E-state index in [0.717, 1.165) is 70.6 Å². The van der Waals surface area contributed by atoms with Crippen molar-refractivity contribution in [2.24, 2.45) is 0 Å². The topological polar surface area (TPSA) is 108 Å². The number of hydrogen-bond donors (Lipinski definition) is 1. The molecule has 0 aliphatic rings. The number of ether oxygens (including phenoxy) is 4. The van der Waals surface area contributed by atoms with Gasteiger partial charge in [0.25, 0.3) is 6.29 Å². The first-order chi connectivity index (χ1) is 40.6. The largest absolute Gasteiger partial charge is 0.477 e. The average Bonchev–Trinajstić information content (AvgIpc) is 3.47. The Bertz CT molecular complexity index is 1550. The van der Waals surface area contributed by atoms with Gasteiger partial charge in [0.2, 0.25) is 0 Å². The van der Waals surface area contributed by atoms with Crippen molar-refractivity contribution in [1.29, 1.82) is 0 Å². The van der Waals surface area contributed by atoms with E-state index in [1.807, 2.05) is 21.1 Å². The van der Waals surface area contributed by atoms with Crippen LogP contribution in [0.1, 0.15) is 335 Å². The van der Waals surface area contributed by atoms with Gasteiger partial charge >= 0.3 is 17.9 Å². The Morgan fingerprint density at radius 1 is 0.361 bits per heavy atom. The second kappa shape index (κ2) is 65.0. The highest BCUT2D eigenvalue weighted by molar-refractivity contribution is 5.71. The van der Waals surface area contributed by atoms with Gasteiger partial charge in [0.15, 0.2) is 6.10 Å². The lowest BCUT2D eigenvalue weighted by Crippen LogP contribution is -2.40. The van der Waals surface area contributed by atoms with Crippen LogP contribution >= 0.6 is 0 Å². The summed E-state index contributed by atoms with van der Waals surface area (Å²) in [5.41, 5.74) is 0. The van der Waals surface area contributed by atoms with E-state index in [-0.39, 0.29) is 32.2 Å². The summed E-state index contributed by atoms with van der Waals surface area (Å²) in [6.07, 6.45) is 82.1. The van der Waals surface area contributed by atoms with Gasteiger partial charge in [0.05, 0.1) is 34.4 Å². The maximum absolute atomic E-state index is 12.9. The van der Waals surface area contributed by atoms with Crippen LogP contribution < -0.4 is 0 Å². The highest BCUT2D eigenvalue weighted by Crippen LogP contribution is 2.18. The van der Waals surface area contributed by atoms with E-state index in [2.05, 4.69) is 74.6 Å². The molecule has 9 nitrogen and oxygen atoms in total. The number of esters is 2. The second-order valence-electron chi connectivity index (χ2n) is 25.2. The molecule has 0 spiro atoms. The average molecular weight is 1170 g/mol. The Morgan fingerprint density at radius 3 is 0.988 bits per heavy atom.